The van der Waals surface area contributed by atoms with E-state index in [9.17, 15) is 15.8 Å². The third-order valence-electron chi connectivity index (χ3n) is 5.61. The summed E-state index contributed by atoms with van der Waals surface area (Å²) < 4.78 is 0. The standard InChI is InChI=1S/C28H12N6/c1-32-23(16-31)24-21-4-2-3-5-22(21)27-28(24)34-26(20-12-8-18(15-30)9-13-20)25(33-27)19-10-6-17(14-29)7-11-19/h2-13H. The lowest BCUT2D eigenvalue weighted by atomic mass is 10.0. The molecule has 0 radical (unpaired) electrons. The van der Waals surface area contributed by atoms with Gasteiger partial charge in [-0.2, -0.15) is 10.5 Å². The summed E-state index contributed by atoms with van der Waals surface area (Å²) in [5.74, 6) is 0. The van der Waals surface area contributed by atoms with Crippen molar-refractivity contribution in [2.24, 2.45) is 0 Å². The minimum Gasteiger partial charge on any atom is -0.244 e. The minimum absolute atomic E-state index is 0.0441. The first kappa shape index (κ1) is 20.3. The average Bonchev–Trinajstić information content (AvgIpc) is 3.22. The number of hydrogen-bond donors (Lipinski definition) is 0. The molecule has 0 N–H and O–H groups in total. The Morgan fingerprint density at radius 1 is 0.647 bits per heavy atom. The molecule has 0 bridgehead atoms. The van der Waals surface area contributed by atoms with Crippen LogP contribution in [0, 0.1) is 40.6 Å². The normalized spacial score (nSPS) is 12.4. The maximum atomic E-state index is 9.64. The molecular formula is C28H12N6. The zero-order valence-electron chi connectivity index (χ0n) is 17.6. The van der Waals surface area contributed by atoms with E-state index in [0.29, 0.717) is 39.5 Å². The topological polar surface area (TPSA) is 102 Å². The fraction of sp³-hybridized carbons (Fsp3) is 0. The number of nitrogens with zero attached hydrogens (tertiary/aromatic N) is 6. The lowest BCUT2D eigenvalue weighted by Crippen LogP contribution is -2.00. The van der Waals surface area contributed by atoms with Crippen molar-refractivity contribution in [2.75, 3.05) is 0 Å². The highest BCUT2D eigenvalue weighted by Gasteiger charge is 2.31. The highest BCUT2D eigenvalue weighted by atomic mass is 14.9. The van der Waals surface area contributed by atoms with E-state index in [0.717, 1.165) is 22.3 Å². The molecule has 34 heavy (non-hydrogen) atoms. The second kappa shape index (κ2) is 8.18. The van der Waals surface area contributed by atoms with Gasteiger partial charge >= 0.3 is 0 Å². The van der Waals surface area contributed by atoms with Gasteiger partial charge in [-0.25, -0.2) is 20.1 Å². The van der Waals surface area contributed by atoms with Gasteiger partial charge in [0.15, 0.2) is 0 Å². The molecule has 5 rings (SSSR count). The molecule has 0 unspecified atom stereocenters. The van der Waals surface area contributed by atoms with E-state index in [4.69, 9.17) is 16.5 Å². The summed E-state index contributed by atoms with van der Waals surface area (Å²) in [6.07, 6.45) is 0. The first-order valence-corrected chi connectivity index (χ1v) is 10.2. The van der Waals surface area contributed by atoms with Crippen LogP contribution in [0.15, 0.2) is 78.5 Å². The van der Waals surface area contributed by atoms with Crippen LogP contribution < -0.4 is 0 Å². The summed E-state index contributed by atoms with van der Waals surface area (Å²) >= 11 is 0. The molecule has 154 valence electrons. The Morgan fingerprint density at radius 2 is 1.15 bits per heavy atom. The minimum atomic E-state index is -0.0441. The maximum Gasteiger partial charge on any atom is 0.271 e. The third-order valence-corrected chi connectivity index (χ3v) is 5.61. The van der Waals surface area contributed by atoms with Crippen molar-refractivity contribution in [3.8, 4) is 52.0 Å². The Balaban J connectivity index is 1.86. The lowest BCUT2D eigenvalue weighted by Gasteiger charge is -2.12. The molecule has 6 heteroatoms. The molecular weight excluding hydrogens is 420 g/mol. The summed E-state index contributed by atoms with van der Waals surface area (Å²) in [5.41, 5.74) is 6.77. The van der Waals surface area contributed by atoms with Crippen molar-refractivity contribution in [1.29, 1.82) is 15.8 Å². The van der Waals surface area contributed by atoms with Crippen LogP contribution in [0.2, 0.25) is 0 Å². The highest BCUT2D eigenvalue weighted by Crippen LogP contribution is 2.46. The van der Waals surface area contributed by atoms with E-state index >= 15 is 0 Å². The van der Waals surface area contributed by atoms with E-state index in [2.05, 4.69) is 17.0 Å². The van der Waals surface area contributed by atoms with Crippen LogP contribution in [0.3, 0.4) is 0 Å². The molecule has 0 saturated carbocycles. The summed E-state index contributed by atoms with van der Waals surface area (Å²) in [6, 6.07) is 27.8. The summed E-state index contributed by atoms with van der Waals surface area (Å²) in [5, 5.41) is 28.0. The second-order valence-electron chi connectivity index (χ2n) is 7.49. The Bertz CT molecular complexity index is 1650. The van der Waals surface area contributed by atoms with Gasteiger partial charge in [0.2, 0.25) is 0 Å². The van der Waals surface area contributed by atoms with E-state index in [1.165, 1.54) is 0 Å². The molecule has 1 aromatic heterocycles. The van der Waals surface area contributed by atoms with Gasteiger partial charge in [-0.1, -0.05) is 48.5 Å². The first-order chi connectivity index (χ1) is 16.7. The molecule has 0 atom stereocenters. The van der Waals surface area contributed by atoms with Crippen LogP contribution in [0.1, 0.15) is 22.4 Å². The third kappa shape index (κ3) is 3.17. The van der Waals surface area contributed by atoms with Crippen LogP contribution in [0.25, 0.3) is 44.2 Å². The zero-order chi connectivity index (χ0) is 23.7. The van der Waals surface area contributed by atoms with Crippen molar-refractivity contribution in [1.82, 2.24) is 9.97 Å². The number of nitriles is 3. The van der Waals surface area contributed by atoms with Crippen LogP contribution in [0.4, 0.5) is 0 Å². The maximum absolute atomic E-state index is 9.64. The van der Waals surface area contributed by atoms with Crippen molar-refractivity contribution in [3.63, 3.8) is 0 Å². The number of rotatable bonds is 2. The monoisotopic (exact) mass is 432 g/mol. The largest absolute Gasteiger partial charge is 0.271 e. The molecule has 0 amide bonds. The van der Waals surface area contributed by atoms with Crippen LogP contribution in [-0.2, 0) is 0 Å². The van der Waals surface area contributed by atoms with Crippen molar-refractivity contribution in [2.45, 2.75) is 0 Å². The average molecular weight is 432 g/mol. The quantitative estimate of drug-likeness (QED) is 0.262. The molecule has 0 aliphatic heterocycles. The van der Waals surface area contributed by atoms with Gasteiger partial charge in [-0.05, 0) is 29.8 Å². The number of allylic oxidation sites excluding steroid dienone is 1. The van der Waals surface area contributed by atoms with Gasteiger partial charge in [0.05, 0.1) is 58.7 Å². The van der Waals surface area contributed by atoms with Gasteiger partial charge in [0.25, 0.3) is 5.70 Å². The number of fused-ring (bicyclic) bond motifs is 3. The predicted octanol–water partition coefficient (Wildman–Crippen LogP) is 5.74. The molecule has 1 heterocycles. The van der Waals surface area contributed by atoms with Gasteiger partial charge in [-0.3, -0.25) is 0 Å². The highest BCUT2D eigenvalue weighted by molar-refractivity contribution is 6.02. The Hall–Kier alpha value is -5.56. The molecule has 0 fully saturated rings. The van der Waals surface area contributed by atoms with Gasteiger partial charge in [0.1, 0.15) is 0 Å². The van der Waals surface area contributed by atoms with Crippen molar-refractivity contribution < 1.29 is 0 Å². The van der Waals surface area contributed by atoms with Gasteiger partial charge in [0, 0.05) is 22.3 Å². The van der Waals surface area contributed by atoms with E-state index < -0.39 is 0 Å². The predicted molar refractivity (Wildman–Crippen MR) is 126 cm³/mol. The number of benzene rings is 3. The molecule has 4 aromatic rings. The van der Waals surface area contributed by atoms with Gasteiger partial charge < -0.3 is 0 Å². The Morgan fingerprint density at radius 3 is 1.62 bits per heavy atom. The van der Waals surface area contributed by atoms with Crippen molar-refractivity contribution in [3.05, 3.63) is 112 Å². The zero-order valence-corrected chi connectivity index (χ0v) is 17.6. The summed E-state index contributed by atoms with van der Waals surface area (Å²) in [7, 11) is 0. The van der Waals surface area contributed by atoms with E-state index in [-0.39, 0.29) is 5.70 Å². The van der Waals surface area contributed by atoms with Crippen LogP contribution in [-0.4, -0.2) is 9.97 Å². The molecule has 6 nitrogen and oxygen atoms in total. The summed E-state index contributed by atoms with van der Waals surface area (Å²) in [4.78, 5) is 13.4. The number of hydrogen-bond acceptors (Lipinski definition) is 5. The van der Waals surface area contributed by atoms with E-state index in [1.54, 1.807) is 36.4 Å². The molecule has 0 spiro atoms. The van der Waals surface area contributed by atoms with Crippen molar-refractivity contribution >= 4 is 5.57 Å². The lowest BCUT2D eigenvalue weighted by molar-refractivity contribution is 1.20. The SMILES string of the molecule is [C-]#[N+]C(C#N)=C1c2ccccc2-c2nc(-c3ccc(C#N)cc3)c(-c3ccc(C#N)cc3)nc21. The Kier molecular flexibility index (Phi) is 4.89. The van der Waals surface area contributed by atoms with Crippen LogP contribution >= 0.6 is 0 Å². The first-order valence-electron chi connectivity index (χ1n) is 10.2. The smallest absolute Gasteiger partial charge is 0.244 e. The fourth-order valence-corrected chi connectivity index (χ4v) is 4.02. The fourth-order valence-electron chi connectivity index (χ4n) is 4.02. The molecule has 1 aliphatic rings. The molecule has 1 aliphatic carbocycles. The Labute approximate surface area is 195 Å². The van der Waals surface area contributed by atoms with Gasteiger partial charge in [-0.15, -0.1) is 0 Å². The van der Waals surface area contributed by atoms with E-state index in [1.807, 2.05) is 42.5 Å². The van der Waals surface area contributed by atoms with Crippen LogP contribution in [0.5, 0.6) is 0 Å². The number of aromatic nitrogens is 2. The second-order valence-corrected chi connectivity index (χ2v) is 7.49. The summed E-state index contributed by atoms with van der Waals surface area (Å²) in [6.45, 7) is 7.52. The molecule has 3 aromatic carbocycles. The molecule has 0 saturated heterocycles.